The second kappa shape index (κ2) is 7.66. The highest BCUT2D eigenvalue weighted by Crippen LogP contribution is 2.22. The summed E-state index contributed by atoms with van der Waals surface area (Å²) in [5, 5.41) is 11.2. The second-order valence-electron chi connectivity index (χ2n) is 4.80. The van der Waals surface area contributed by atoms with E-state index in [0.717, 1.165) is 22.8 Å². The molecule has 0 unspecified atom stereocenters. The van der Waals surface area contributed by atoms with Crippen LogP contribution in [0.1, 0.15) is 10.4 Å². The third kappa shape index (κ3) is 4.15. The molecule has 24 heavy (non-hydrogen) atoms. The lowest BCUT2D eigenvalue weighted by molar-refractivity contribution is 0.0168. The molecule has 0 fully saturated rings. The summed E-state index contributed by atoms with van der Waals surface area (Å²) < 4.78 is 27.9. The molecule has 1 amide bonds. The van der Waals surface area contributed by atoms with Crippen molar-refractivity contribution in [2.45, 2.75) is 0 Å². The number of hydrogen-bond acceptors (Lipinski definition) is 5. The van der Waals surface area contributed by atoms with E-state index in [0.29, 0.717) is 6.07 Å². The Balaban J connectivity index is 2.35. The first-order chi connectivity index (χ1) is 11.4. The van der Waals surface area contributed by atoms with Crippen molar-refractivity contribution in [1.82, 2.24) is 10.0 Å². The molecule has 3 N–H and O–H groups in total. The van der Waals surface area contributed by atoms with Crippen LogP contribution in [0.3, 0.4) is 0 Å². The van der Waals surface area contributed by atoms with Crippen molar-refractivity contribution in [2.75, 3.05) is 18.5 Å². The molecule has 0 spiro atoms. The van der Waals surface area contributed by atoms with Crippen molar-refractivity contribution in [3.63, 3.8) is 0 Å². The predicted molar refractivity (Wildman–Crippen MR) is 81.8 cm³/mol. The summed E-state index contributed by atoms with van der Waals surface area (Å²) in [7, 11) is 1.44. The number of hydroxylamine groups is 1. The number of nitrogens with zero attached hydrogens (tertiary/aromatic N) is 1. The van der Waals surface area contributed by atoms with Crippen molar-refractivity contribution in [2.24, 2.45) is 7.05 Å². The molecule has 0 aliphatic heterocycles. The van der Waals surface area contributed by atoms with Crippen LogP contribution in [0.15, 0.2) is 35.3 Å². The molecule has 0 bridgehead atoms. The summed E-state index contributed by atoms with van der Waals surface area (Å²) in [4.78, 5) is 28.6. The fraction of sp³-hybridized carbons (Fsp3) is 0.200. The largest absolute Gasteiger partial charge is 0.394 e. The van der Waals surface area contributed by atoms with E-state index in [1.807, 2.05) is 0 Å². The quantitative estimate of drug-likeness (QED) is 0.541. The number of benzene rings is 1. The van der Waals surface area contributed by atoms with Gasteiger partial charge in [0.2, 0.25) is 0 Å². The molecular weight excluding hydrogens is 324 g/mol. The predicted octanol–water partition coefficient (Wildman–Crippen LogP) is 1.06. The van der Waals surface area contributed by atoms with Gasteiger partial charge in [-0.15, -0.1) is 0 Å². The van der Waals surface area contributed by atoms with Crippen molar-refractivity contribution in [3.05, 3.63) is 58.0 Å². The molecule has 0 saturated carbocycles. The van der Waals surface area contributed by atoms with Gasteiger partial charge >= 0.3 is 0 Å². The smallest absolute Gasteiger partial charge is 0.278 e. The first kappa shape index (κ1) is 17.6. The Hall–Kier alpha value is -2.78. The van der Waals surface area contributed by atoms with E-state index < -0.39 is 23.1 Å². The monoisotopic (exact) mass is 339 g/mol. The summed E-state index contributed by atoms with van der Waals surface area (Å²) in [6.45, 7) is -0.410. The fourth-order valence-corrected chi connectivity index (χ4v) is 1.87. The highest BCUT2D eigenvalue weighted by molar-refractivity contribution is 5.99. The highest BCUT2D eigenvalue weighted by Gasteiger charge is 2.15. The van der Waals surface area contributed by atoms with E-state index in [-0.39, 0.29) is 30.2 Å². The Morgan fingerprint density at radius 1 is 1.29 bits per heavy atom. The number of aromatic nitrogens is 1. The van der Waals surface area contributed by atoms with Gasteiger partial charge < -0.3 is 15.0 Å². The molecule has 128 valence electrons. The number of aliphatic hydroxyl groups excluding tert-OH is 1. The van der Waals surface area contributed by atoms with Crippen molar-refractivity contribution in [1.29, 1.82) is 0 Å². The van der Waals surface area contributed by atoms with Crippen molar-refractivity contribution in [3.8, 4) is 0 Å². The normalized spacial score (nSPS) is 10.5. The number of anilines is 2. The van der Waals surface area contributed by atoms with Crippen LogP contribution in [0.2, 0.25) is 0 Å². The number of aliphatic hydroxyl groups is 1. The topological polar surface area (TPSA) is 92.6 Å². The average molecular weight is 339 g/mol. The van der Waals surface area contributed by atoms with Crippen LogP contribution < -0.4 is 16.4 Å². The van der Waals surface area contributed by atoms with Gasteiger partial charge in [0.15, 0.2) is 0 Å². The van der Waals surface area contributed by atoms with E-state index in [9.17, 15) is 18.4 Å². The van der Waals surface area contributed by atoms with Gasteiger partial charge in [-0.05, 0) is 12.1 Å². The Morgan fingerprint density at radius 3 is 2.71 bits per heavy atom. The van der Waals surface area contributed by atoms with E-state index in [2.05, 4.69) is 10.8 Å². The molecule has 1 aromatic carbocycles. The molecule has 0 radical (unpaired) electrons. The number of nitrogens with one attached hydrogen (secondary N) is 2. The molecule has 0 aliphatic rings. The van der Waals surface area contributed by atoms with Gasteiger partial charge in [0.1, 0.15) is 11.6 Å². The van der Waals surface area contributed by atoms with E-state index in [4.69, 9.17) is 9.94 Å². The van der Waals surface area contributed by atoms with Gasteiger partial charge in [-0.25, -0.2) is 14.3 Å². The van der Waals surface area contributed by atoms with Crippen molar-refractivity contribution < 1.29 is 23.5 Å². The Bertz CT molecular complexity index is 808. The molecule has 7 nitrogen and oxygen atoms in total. The van der Waals surface area contributed by atoms with E-state index in [1.54, 1.807) is 0 Å². The van der Waals surface area contributed by atoms with Crippen LogP contribution in [-0.4, -0.2) is 28.8 Å². The zero-order valence-corrected chi connectivity index (χ0v) is 12.7. The number of amides is 1. The van der Waals surface area contributed by atoms with Crippen LogP contribution in [0, 0.1) is 11.6 Å². The minimum Gasteiger partial charge on any atom is -0.394 e. The second-order valence-corrected chi connectivity index (χ2v) is 4.80. The molecule has 2 rings (SSSR count). The Morgan fingerprint density at radius 2 is 2.04 bits per heavy atom. The third-order valence-corrected chi connectivity index (χ3v) is 3.03. The third-order valence-electron chi connectivity index (χ3n) is 3.03. The summed E-state index contributed by atoms with van der Waals surface area (Å²) >= 11 is 0. The fourth-order valence-electron chi connectivity index (χ4n) is 1.87. The standard InChI is InChI=1S/C15H15F2N3O4/c1-20-8-10(15(23)19-24-5-4-21)13(7-14(20)22)18-12-3-2-9(16)6-11(12)17/h2-3,6-8,18,21H,4-5H2,1H3,(H,19,23). The van der Waals surface area contributed by atoms with Crippen LogP contribution in [0.25, 0.3) is 0 Å². The van der Waals surface area contributed by atoms with Gasteiger partial charge in [-0.3, -0.25) is 14.4 Å². The molecule has 9 heteroatoms. The zero-order chi connectivity index (χ0) is 17.7. The minimum absolute atomic E-state index is 0.00114. The maximum atomic E-state index is 13.8. The summed E-state index contributed by atoms with van der Waals surface area (Å²) in [6.07, 6.45) is 1.24. The number of halogens is 2. The lowest BCUT2D eigenvalue weighted by Crippen LogP contribution is -2.28. The first-order valence-corrected chi connectivity index (χ1v) is 6.88. The molecule has 1 aromatic heterocycles. The van der Waals surface area contributed by atoms with Crippen LogP contribution >= 0.6 is 0 Å². The average Bonchev–Trinajstić information content (AvgIpc) is 2.53. The van der Waals surface area contributed by atoms with Crippen LogP contribution in [0.5, 0.6) is 0 Å². The number of aryl methyl sites for hydroxylation is 1. The lowest BCUT2D eigenvalue weighted by atomic mass is 10.2. The highest BCUT2D eigenvalue weighted by atomic mass is 19.1. The van der Waals surface area contributed by atoms with Gasteiger partial charge in [0.05, 0.1) is 30.2 Å². The van der Waals surface area contributed by atoms with E-state index in [1.165, 1.54) is 13.2 Å². The number of carbonyl (C=O) groups is 1. The number of hydrogen-bond donors (Lipinski definition) is 3. The lowest BCUT2D eigenvalue weighted by Gasteiger charge is -2.13. The van der Waals surface area contributed by atoms with Gasteiger partial charge in [0.25, 0.3) is 11.5 Å². The molecule has 2 aromatic rings. The minimum atomic E-state index is -0.876. The van der Waals surface area contributed by atoms with Crippen LogP contribution in [-0.2, 0) is 11.9 Å². The SMILES string of the molecule is Cn1cc(C(=O)NOCCO)c(Nc2ccc(F)cc2F)cc1=O. The maximum absolute atomic E-state index is 13.8. The van der Waals surface area contributed by atoms with Crippen LogP contribution in [0.4, 0.5) is 20.2 Å². The zero-order valence-electron chi connectivity index (χ0n) is 12.7. The Labute approximate surface area is 135 Å². The molecule has 0 atom stereocenters. The number of pyridine rings is 1. The molecular formula is C15H15F2N3O4. The Kier molecular flexibility index (Phi) is 5.61. The number of carbonyl (C=O) groups excluding carboxylic acids is 1. The van der Waals surface area contributed by atoms with Gasteiger partial charge in [-0.1, -0.05) is 0 Å². The van der Waals surface area contributed by atoms with E-state index >= 15 is 0 Å². The molecule has 1 heterocycles. The van der Waals surface area contributed by atoms with Gasteiger partial charge in [0, 0.05) is 25.4 Å². The summed E-state index contributed by atoms with van der Waals surface area (Å²) in [5.41, 5.74) is 1.57. The van der Waals surface area contributed by atoms with Crippen molar-refractivity contribution >= 4 is 17.3 Å². The first-order valence-electron chi connectivity index (χ1n) is 6.88. The number of rotatable bonds is 6. The molecule has 0 saturated heterocycles. The van der Waals surface area contributed by atoms with Gasteiger partial charge in [-0.2, -0.15) is 0 Å². The summed E-state index contributed by atoms with van der Waals surface area (Å²) in [6, 6.07) is 3.96. The summed E-state index contributed by atoms with van der Waals surface area (Å²) in [5.74, 6) is -2.33. The molecule has 0 aliphatic carbocycles. The maximum Gasteiger partial charge on any atom is 0.278 e.